The molecule has 0 saturated heterocycles. The lowest BCUT2D eigenvalue weighted by molar-refractivity contribution is -0.144. The number of carbonyl (C=O) groups is 2. The SMILES string of the molecule is CCOC(=O)CCN(CCCOC)C(=O)C(CC)CC. The van der Waals surface area contributed by atoms with E-state index in [2.05, 4.69) is 0 Å². The first kappa shape index (κ1) is 18.9. The van der Waals surface area contributed by atoms with Gasteiger partial charge in [-0.25, -0.2) is 0 Å². The van der Waals surface area contributed by atoms with Crippen LogP contribution in [0.2, 0.25) is 0 Å². The van der Waals surface area contributed by atoms with E-state index in [4.69, 9.17) is 9.47 Å². The lowest BCUT2D eigenvalue weighted by Crippen LogP contribution is -2.38. The molecule has 118 valence electrons. The molecular weight excluding hydrogens is 258 g/mol. The van der Waals surface area contributed by atoms with Gasteiger partial charge >= 0.3 is 5.97 Å². The molecule has 20 heavy (non-hydrogen) atoms. The Morgan fingerprint density at radius 2 is 1.75 bits per heavy atom. The van der Waals surface area contributed by atoms with Crippen molar-refractivity contribution in [1.82, 2.24) is 4.90 Å². The molecule has 0 heterocycles. The minimum absolute atomic E-state index is 0.0414. The van der Waals surface area contributed by atoms with Gasteiger partial charge in [-0.05, 0) is 26.2 Å². The minimum Gasteiger partial charge on any atom is -0.466 e. The van der Waals surface area contributed by atoms with Crippen molar-refractivity contribution in [3.63, 3.8) is 0 Å². The van der Waals surface area contributed by atoms with Gasteiger partial charge < -0.3 is 14.4 Å². The van der Waals surface area contributed by atoms with Crippen LogP contribution in [0.5, 0.6) is 0 Å². The molecule has 1 amide bonds. The van der Waals surface area contributed by atoms with Crippen LogP contribution in [0.15, 0.2) is 0 Å². The van der Waals surface area contributed by atoms with Crippen LogP contribution >= 0.6 is 0 Å². The summed E-state index contributed by atoms with van der Waals surface area (Å²) >= 11 is 0. The topological polar surface area (TPSA) is 55.8 Å². The van der Waals surface area contributed by atoms with Crippen LogP contribution < -0.4 is 0 Å². The number of hydrogen-bond acceptors (Lipinski definition) is 4. The molecule has 0 bridgehead atoms. The highest BCUT2D eigenvalue weighted by Crippen LogP contribution is 2.13. The number of nitrogens with zero attached hydrogens (tertiary/aromatic N) is 1. The number of methoxy groups -OCH3 is 1. The molecule has 0 aromatic rings. The fourth-order valence-corrected chi connectivity index (χ4v) is 2.09. The molecule has 0 aromatic carbocycles. The first-order valence-electron chi connectivity index (χ1n) is 7.53. The highest BCUT2D eigenvalue weighted by Gasteiger charge is 2.21. The lowest BCUT2D eigenvalue weighted by Gasteiger charge is -2.26. The Bertz CT molecular complexity index is 277. The van der Waals surface area contributed by atoms with Crippen molar-refractivity contribution in [2.24, 2.45) is 5.92 Å². The van der Waals surface area contributed by atoms with E-state index in [1.54, 1.807) is 18.9 Å². The van der Waals surface area contributed by atoms with Gasteiger partial charge in [-0.15, -0.1) is 0 Å². The van der Waals surface area contributed by atoms with E-state index in [-0.39, 0.29) is 24.2 Å². The predicted octanol–water partition coefficient (Wildman–Crippen LogP) is 2.24. The summed E-state index contributed by atoms with van der Waals surface area (Å²) in [5.41, 5.74) is 0. The first-order chi connectivity index (χ1) is 9.60. The van der Waals surface area contributed by atoms with Crippen molar-refractivity contribution < 1.29 is 19.1 Å². The van der Waals surface area contributed by atoms with E-state index in [9.17, 15) is 9.59 Å². The predicted molar refractivity (Wildman–Crippen MR) is 78.4 cm³/mol. The summed E-state index contributed by atoms with van der Waals surface area (Å²) in [4.78, 5) is 25.6. The molecule has 0 aliphatic carbocycles. The average Bonchev–Trinajstić information content (AvgIpc) is 2.44. The maximum Gasteiger partial charge on any atom is 0.307 e. The normalized spacial score (nSPS) is 10.7. The summed E-state index contributed by atoms with van der Waals surface area (Å²) < 4.78 is 9.93. The molecule has 5 heteroatoms. The summed E-state index contributed by atoms with van der Waals surface area (Å²) in [5.74, 6) is -0.0725. The van der Waals surface area contributed by atoms with Gasteiger partial charge in [0.05, 0.1) is 13.0 Å². The molecule has 0 radical (unpaired) electrons. The summed E-state index contributed by atoms with van der Waals surface area (Å²) in [6, 6.07) is 0. The van der Waals surface area contributed by atoms with E-state index in [1.165, 1.54) is 0 Å². The Kier molecular flexibility index (Phi) is 11.1. The molecule has 0 spiro atoms. The van der Waals surface area contributed by atoms with Gasteiger partial charge in [0.1, 0.15) is 0 Å². The van der Waals surface area contributed by atoms with Gasteiger partial charge in [0.25, 0.3) is 0 Å². The third-order valence-electron chi connectivity index (χ3n) is 3.31. The van der Waals surface area contributed by atoms with Gasteiger partial charge in [0, 0.05) is 32.7 Å². The molecule has 0 rings (SSSR count). The van der Waals surface area contributed by atoms with Gasteiger partial charge in [0.2, 0.25) is 5.91 Å². The molecule has 0 aliphatic rings. The van der Waals surface area contributed by atoms with Crippen LogP contribution in [0.4, 0.5) is 0 Å². The van der Waals surface area contributed by atoms with Crippen LogP contribution in [-0.2, 0) is 19.1 Å². The number of hydrogen-bond donors (Lipinski definition) is 0. The van der Waals surface area contributed by atoms with Crippen molar-refractivity contribution in [3.8, 4) is 0 Å². The molecule has 5 nitrogen and oxygen atoms in total. The number of amides is 1. The second-order valence-corrected chi connectivity index (χ2v) is 4.74. The highest BCUT2D eigenvalue weighted by molar-refractivity contribution is 5.79. The van der Waals surface area contributed by atoms with Crippen LogP contribution in [0.1, 0.15) is 46.5 Å². The summed E-state index contributed by atoms with van der Waals surface area (Å²) in [6.45, 7) is 7.87. The third kappa shape index (κ3) is 7.48. The fraction of sp³-hybridized carbons (Fsp3) is 0.867. The molecule has 0 N–H and O–H groups in total. The van der Waals surface area contributed by atoms with Crippen molar-refractivity contribution in [2.45, 2.75) is 46.5 Å². The summed E-state index contributed by atoms with van der Waals surface area (Å²) in [5, 5.41) is 0. The standard InChI is InChI=1S/C15H29NO4/c1-5-13(6-2)15(18)16(10-8-12-19-4)11-9-14(17)20-7-3/h13H,5-12H2,1-4H3. The van der Waals surface area contributed by atoms with E-state index in [0.29, 0.717) is 26.3 Å². The van der Waals surface area contributed by atoms with E-state index in [1.807, 2.05) is 13.8 Å². The minimum atomic E-state index is -0.249. The van der Waals surface area contributed by atoms with Crippen LogP contribution in [0, 0.1) is 5.92 Å². The Labute approximate surface area is 122 Å². The van der Waals surface area contributed by atoms with Crippen LogP contribution in [0.25, 0.3) is 0 Å². The second-order valence-electron chi connectivity index (χ2n) is 4.74. The van der Waals surface area contributed by atoms with Crippen molar-refractivity contribution in [3.05, 3.63) is 0 Å². The maximum absolute atomic E-state index is 12.4. The van der Waals surface area contributed by atoms with Crippen molar-refractivity contribution >= 4 is 11.9 Å². The van der Waals surface area contributed by atoms with Crippen LogP contribution in [0.3, 0.4) is 0 Å². The zero-order valence-electron chi connectivity index (χ0n) is 13.3. The Hall–Kier alpha value is -1.10. The third-order valence-corrected chi connectivity index (χ3v) is 3.31. The molecule has 0 saturated carbocycles. The molecule has 0 fully saturated rings. The molecule has 0 unspecified atom stereocenters. The largest absolute Gasteiger partial charge is 0.466 e. The van der Waals surface area contributed by atoms with Crippen molar-refractivity contribution in [2.75, 3.05) is 33.4 Å². The van der Waals surface area contributed by atoms with Gasteiger partial charge in [-0.2, -0.15) is 0 Å². The summed E-state index contributed by atoms with van der Waals surface area (Å²) in [7, 11) is 1.64. The van der Waals surface area contributed by atoms with E-state index in [0.717, 1.165) is 19.3 Å². The van der Waals surface area contributed by atoms with Gasteiger partial charge in [-0.3, -0.25) is 9.59 Å². The molecular formula is C15H29NO4. The Balaban J connectivity index is 4.46. The first-order valence-corrected chi connectivity index (χ1v) is 7.53. The highest BCUT2D eigenvalue weighted by atomic mass is 16.5. The zero-order valence-corrected chi connectivity index (χ0v) is 13.3. The lowest BCUT2D eigenvalue weighted by atomic mass is 10.0. The van der Waals surface area contributed by atoms with Gasteiger partial charge in [-0.1, -0.05) is 13.8 Å². The summed E-state index contributed by atoms with van der Waals surface area (Å²) in [6.07, 6.45) is 2.70. The average molecular weight is 287 g/mol. The Morgan fingerprint density at radius 3 is 2.25 bits per heavy atom. The monoisotopic (exact) mass is 287 g/mol. The van der Waals surface area contributed by atoms with E-state index >= 15 is 0 Å². The van der Waals surface area contributed by atoms with Crippen LogP contribution in [-0.4, -0.2) is 50.2 Å². The Morgan fingerprint density at radius 1 is 1.10 bits per heavy atom. The molecule has 0 atom stereocenters. The van der Waals surface area contributed by atoms with Gasteiger partial charge in [0.15, 0.2) is 0 Å². The maximum atomic E-state index is 12.4. The number of esters is 1. The number of ether oxygens (including phenoxy) is 2. The number of rotatable bonds is 11. The smallest absolute Gasteiger partial charge is 0.307 e. The quantitative estimate of drug-likeness (QED) is 0.432. The zero-order chi connectivity index (χ0) is 15.4. The number of carbonyl (C=O) groups excluding carboxylic acids is 2. The molecule has 0 aromatic heterocycles. The van der Waals surface area contributed by atoms with Crippen molar-refractivity contribution in [1.29, 1.82) is 0 Å². The fourth-order valence-electron chi connectivity index (χ4n) is 2.09. The van der Waals surface area contributed by atoms with E-state index < -0.39 is 0 Å². The molecule has 0 aliphatic heterocycles. The second kappa shape index (κ2) is 11.7.